The van der Waals surface area contributed by atoms with Gasteiger partial charge >= 0.3 is 5.97 Å². The Kier molecular flexibility index (Phi) is 4.57. The van der Waals surface area contributed by atoms with Crippen molar-refractivity contribution in [3.8, 4) is 0 Å². The number of likely N-dealkylation sites (tertiary alicyclic amines) is 1. The minimum absolute atomic E-state index is 0.0499. The lowest BCUT2D eigenvalue weighted by Gasteiger charge is -2.24. The summed E-state index contributed by atoms with van der Waals surface area (Å²) in [5, 5.41) is 16.7. The van der Waals surface area contributed by atoms with E-state index in [0.717, 1.165) is 6.26 Å². The topological polar surface area (TPSA) is 125 Å². The number of hydrogen-bond donors (Lipinski definition) is 2. The molecule has 2 saturated heterocycles. The fourth-order valence-electron chi connectivity index (χ4n) is 3.91. The van der Waals surface area contributed by atoms with Crippen LogP contribution >= 0.6 is 0 Å². The lowest BCUT2D eigenvalue weighted by atomic mass is 9.81. The highest BCUT2D eigenvalue weighted by molar-refractivity contribution is 7.88. The number of fused-ring (bicyclic) bond motifs is 1. The van der Waals surface area contributed by atoms with Crippen LogP contribution in [0, 0.1) is 18.3 Å². The number of aliphatic carboxylic acids is 1. The largest absolute Gasteiger partial charge is 0.481 e. The van der Waals surface area contributed by atoms with Crippen LogP contribution in [0.5, 0.6) is 0 Å². The molecule has 2 aliphatic heterocycles. The van der Waals surface area contributed by atoms with Crippen molar-refractivity contribution in [3.05, 3.63) is 11.9 Å². The summed E-state index contributed by atoms with van der Waals surface area (Å²) < 4.78 is 26.4. The highest BCUT2D eigenvalue weighted by atomic mass is 32.2. The molecule has 0 bridgehead atoms. The van der Waals surface area contributed by atoms with Crippen LogP contribution in [0.1, 0.15) is 5.69 Å². The van der Waals surface area contributed by atoms with E-state index in [1.165, 1.54) is 4.31 Å². The number of sulfonamides is 1. The predicted octanol–water partition coefficient (Wildman–Crippen LogP) is -1.05. The molecule has 0 aromatic carbocycles. The summed E-state index contributed by atoms with van der Waals surface area (Å²) in [7, 11) is -1.68. The van der Waals surface area contributed by atoms with Gasteiger partial charge in [0.05, 0.1) is 29.6 Å². The minimum Gasteiger partial charge on any atom is -0.481 e. The van der Waals surface area contributed by atoms with Gasteiger partial charge in [-0.3, -0.25) is 19.2 Å². The normalized spacial score (nSPS) is 26.8. The molecule has 2 aliphatic rings. The Hall–Kier alpha value is -1.98. The van der Waals surface area contributed by atoms with E-state index in [2.05, 4.69) is 10.4 Å². The second-order valence-electron chi connectivity index (χ2n) is 7.23. The van der Waals surface area contributed by atoms with Gasteiger partial charge in [0.15, 0.2) is 0 Å². The molecule has 0 unspecified atom stereocenters. The number of nitrogens with zero attached hydrogens (tertiary/aromatic N) is 4. The number of anilines is 1. The van der Waals surface area contributed by atoms with E-state index >= 15 is 0 Å². The molecule has 0 aliphatic carbocycles. The molecule has 0 radical (unpaired) electrons. The van der Waals surface area contributed by atoms with Gasteiger partial charge in [-0.15, -0.1) is 0 Å². The number of carboxylic acid groups (broad SMARTS) is 1. The van der Waals surface area contributed by atoms with Crippen molar-refractivity contribution in [2.45, 2.75) is 6.92 Å². The molecule has 1 amide bonds. The van der Waals surface area contributed by atoms with E-state index in [0.29, 0.717) is 17.9 Å². The Morgan fingerprint density at radius 3 is 2.58 bits per heavy atom. The first-order valence-electron chi connectivity index (χ1n) is 8.22. The van der Waals surface area contributed by atoms with Crippen LogP contribution in [-0.4, -0.2) is 83.4 Å². The van der Waals surface area contributed by atoms with E-state index in [-0.39, 0.29) is 38.0 Å². The Labute approximate surface area is 151 Å². The highest BCUT2D eigenvalue weighted by Gasteiger charge is 2.59. The maximum Gasteiger partial charge on any atom is 0.312 e. The first-order valence-corrected chi connectivity index (χ1v) is 10.1. The van der Waals surface area contributed by atoms with Crippen molar-refractivity contribution >= 4 is 27.6 Å². The van der Waals surface area contributed by atoms with Crippen LogP contribution in [0.3, 0.4) is 0 Å². The molecule has 0 saturated carbocycles. The smallest absolute Gasteiger partial charge is 0.312 e. The van der Waals surface area contributed by atoms with Crippen molar-refractivity contribution in [3.63, 3.8) is 0 Å². The molecule has 26 heavy (non-hydrogen) atoms. The number of nitrogens with one attached hydrogen (secondary N) is 1. The van der Waals surface area contributed by atoms with E-state index in [9.17, 15) is 23.1 Å². The van der Waals surface area contributed by atoms with Crippen LogP contribution in [0.15, 0.2) is 6.20 Å². The molecule has 1 aromatic heterocycles. The zero-order valence-electron chi connectivity index (χ0n) is 15.0. The Balaban J connectivity index is 1.67. The first kappa shape index (κ1) is 18.8. The fourth-order valence-corrected chi connectivity index (χ4v) is 4.83. The summed E-state index contributed by atoms with van der Waals surface area (Å²) in [5.41, 5.74) is 0.158. The molecule has 2 N–H and O–H groups in total. The quantitative estimate of drug-likeness (QED) is 0.662. The average molecular weight is 385 g/mol. The predicted molar refractivity (Wildman–Crippen MR) is 93.0 cm³/mol. The van der Waals surface area contributed by atoms with Crippen LogP contribution in [-0.2, 0) is 26.7 Å². The van der Waals surface area contributed by atoms with Gasteiger partial charge in [-0.05, 0) is 6.92 Å². The number of amides is 1. The Morgan fingerprint density at radius 1 is 1.38 bits per heavy atom. The molecule has 1 aromatic rings. The number of carbonyl (C=O) groups is 2. The summed E-state index contributed by atoms with van der Waals surface area (Å²) in [5.74, 6) is -1.59. The van der Waals surface area contributed by atoms with Crippen molar-refractivity contribution < 1.29 is 23.1 Å². The third-order valence-electron chi connectivity index (χ3n) is 5.20. The van der Waals surface area contributed by atoms with Crippen molar-refractivity contribution in [1.82, 2.24) is 19.0 Å². The van der Waals surface area contributed by atoms with Gasteiger partial charge in [0.25, 0.3) is 0 Å². The van der Waals surface area contributed by atoms with Crippen molar-refractivity contribution in [1.29, 1.82) is 0 Å². The SMILES string of the molecule is Cc1nn(C)cc1NC(=O)CN1C[C@@H]2CN(S(C)(=O)=O)C[C@]2(C(=O)O)C1. The molecular formula is C15H23N5O5S. The van der Waals surface area contributed by atoms with E-state index in [1.807, 2.05) is 0 Å². The van der Waals surface area contributed by atoms with Gasteiger partial charge in [-0.1, -0.05) is 0 Å². The van der Waals surface area contributed by atoms with Crippen molar-refractivity contribution in [2.75, 3.05) is 44.3 Å². The number of carbonyl (C=O) groups excluding carboxylic acids is 1. The van der Waals surface area contributed by atoms with Gasteiger partial charge < -0.3 is 10.4 Å². The summed E-state index contributed by atoms with van der Waals surface area (Å²) in [6, 6.07) is 0. The third-order valence-corrected chi connectivity index (χ3v) is 6.41. The van der Waals surface area contributed by atoms with Crippen LogP contribution < -0.4 is 5.32 Å². The highest BCUT2D eigenvalue weighted by Crippen LogP contribution is 2.43. The summed E-state index contributed by atoms with van der Waals surface area (Å²) in [4.78, 5) is 26.0. The van der Waals surface area contributed by atoms with E-state index < -0.39 is 21.4 Å². The van der Waals surface area contributed by atoms with Crippen LogP contribution in [0.25, 0.3) is 0 Å². The van der Waals surface area contributed by atoms with Gasteiger partial charge in [-0.2, -0.15) is 5.10 Å². The minimum atomic E-state index is -3.44. The fraction of sp³-hybridized carbons (Fsp3) is 0.667. The molecular weight excluding hydrogens is 362 g/mol. The second-order valence-corrected chi connectivity index (χ2v) is 9.22. The molecule has 3 heterocycles. The number of aryl methyl sites for hydroxylation is 2. The van der Waals surface area contributed by atoms with Crippen molar-refractivity contribution in [2.24, 2.45) is 18.4 Å². The lowest BCUT2D eigenvalue weighted by molar-refractivity contribution is -0.148. The molecule has 2 fully saturated rings. The second kappa shape index (κ2) is 6.32. The van der Waals surface area contributed by atoms with Crippen LogP contribution in [0.2, 0.25) is 0 Å². The summed E-state index contributed by atoms with van der Waals surface area (Å²) in [6.45, 7) is 2.49. The zero-order chi connectivity index (χ0) is 19.3. The molecule has 10 nitrogen and oxygen atoms in total. The van der Waals surface area contributed by atoms with Gasteiger partial charge in [0.1, 0.15) is 0 Å². The summed E-state index contributed by atoms with van der Waals surface area (Å²) in [6.07, 6.45) is 2.79. The molecule has 3 rings (SSSR count). The third kappa shape index (κ3) is 3.33. The monoisotopic (exact) mass is 385 g/mol. The van der Waals surface area contributed by atoms with E-state index in [1.54, 1.807) is 29.7 Å². The van der Waals surface area contributed by atoms with Gasteiger partial charge in [0, 0.05) is 45.3 Å². The Bertz CT molecular complexity index is 851. The molecule has 11 heteroatoms. The number of aromatic nitrogens is 2. The lowest BCUT2D eigenvalue weighted by Crippen LogP contribution is -2.43. The van der Waals surface area contributed by atoms with Gasteiger partial charge in [-0.25, -0.2) is 12.7 Å². The standard InChI is InChI=1S/C15H23N5O5S/c1-10-12(6-18(2)17-10)16-13(21)7-19-4-11-5-20(26(3,24)25)9-15(11,8-19)14(22)23/h6,11H,4-5,7-9H2,1-3H3,(H,16,21)(H,22,23)/t11-,15-/m1/s1. The molecule has 144 valence electrons. The molecule has 0 spiro atoms. The number of rotatable bonds is 5. The first-order chi connectivity index (χ1) is 12.0. The van der Waals surface area contributed by atoms with E-state index in [4.69, 9.17) is 0 Å². The number of hydrogen-bond acceptors (Lipinski definition) is 6. The maximum atomic E-state index is 12.3. The van der Waals surface area contributed by atoms with Crippen LogP contribution in [0.4, 0.5) is 5.69 Å². The Morgan fingerprint density at radius 2 is 2.08 bits per heavy atom. The maximum absolute atomic E-state index is 12.3. The summed E-state index contributed by atoms with van der Waals surface area (Å²) >= 11 is 0. The average Bonchev–Trinajstić information content (AvgIpc) is 3.09. The molecule has 2 atom stereocenters. The zero-order valence-corrected chi connectivity index (χ0v) is 15.8. The van der Waals surface area contributed by atoms with Gasteiger partial charge in [0.2, 0.25) is 15.9 Å². The number of carboxylic acids is 1.